The summed E-state index contributed by atoms with van der Waals surface area (Å²) in [5.41, 5.74) is 0. The van der Waals surface area contributed by atoms with Gasteiger partial charge in [-0.15, -0.1) is 0 Å². The fraction of sp³-hybridized carbons (Fsp3) is 1.00. The van der Waals surface area contributed by atoms with Crippen LogP contribution < -0.4 is 10.0 Å². The van der Waals surface area contributed by atoms with E-state index in [1.807, 2.05) is 0 Å². The first kappa shape index (κ1) is 11.4. The predicted molar refractivity (Wildman–Crippen MR) is 60.2 cm³/mol. The molecule has 88 valence electrons. The second kappa shape index (κ2) is 4.80. The number of hydrogen-bond acceptors (Lipinski definition) is 3. The van der Waals surface area contributed by atoms with Gasteiger partial charge in [0.25, 0.3) is 0 Å². The molecule has 0 aromatic carbocycles. The Morgan fingerprint density at radius 2 is 1.80 bits per heavy atom. The highest BCUT2D eigenvalue weighted by Gasteiger charge is 2.23. The molecule has 2 rings (SSSR count). The molecule has 4 nitrogen and oxygen atoms in total. The van der Waals surface area contributed by atoms with Crippen molar-refractivity contribution in [3.63, 3.8) is 0 Å². The quantitative estimate of drug-likeness (QED) is 0.632. The second-order valence-electron chi connectivity index (χ2n) is 4.65. The summed E-state index contributed by atoms with van der Waals surface area (Å²) < 4.78 is 25.9. The van der Waals surface area contributed by atoms with Gasteiger partial charge in [0.1, 0.15) is 0 Å². The van der Waals surface area contributed by atoms with Crippen molar-refractivity contribution in [2.45, 2.75) is 50.6 Å². The highest BCUT2D eigenvalue weighted by Crippen LogP contribution is 2.19. The summed E-state index contributed by atoms with van der Waals surface area (Å²) in [5, 5.41) is 3.32. The maximum atomic E-state index is 11.6. The Labute approximate surface area is 91.9 Å². The molecule has 0 bridgehead atoms. The molecule has 2 aliphatic carbocycles. The standard InChI is InChI=1S/C10H20N2O2S/c13-15(14,12-10-3-1-4-10)8-2-7-11-9-5-6-9/h9-12H,1-8H2. The van der Waals surface area contributed by atoms with Crippen LogP contribution in [0.25, 0.3) is 0 Å². The summed E-state index contributed by atoms with van der Waals surface area (Å²) in [6, 6.07) is 0.902. The zero-order chi connectivity index (χ0) is 10.7. The minimum absolute atomic E-state index is 0.228. The molecule has 2 N–H and O–H groups in total. The van der Waals surface area contributed by atoms with Gasteiger partial charge < -0.3 is 5.32 Å². The van der Waals surface area contributed by atoms with E-state index in [0.29, 0.717) is 6.04 Å². The average Bonchev–Trinajstić information content (AvgIpc) is 2.90. The molecule has 0 atom stereocenters. The Bertz CT molecular complexity index is 295. The van der Waals surface area contributed by atoms with Gasteiger partial charge >= 0.3 is 0 Å². The largest absolute Gasteiger partial charge is 0.314 e. The fourth-order valence-corrected chi connectivity index (χ4v) is 3.08. The first-order chi connectivity index (χ1) is 7.16. The molecule has 0 spiro atoms. The molecular weight excluding hydrogens is 212 g/mol. The molecule has 5 heteroatoms. The van der Waals surface area contributed by atoms with Gasteiger partial charge in [-0.2, -0.15) is 0 Å². The molecule has 0 unspecified atom stereocenters. The summed E-state index contributed by atoms with van der Waals surface area (Å²) in [6.45, 7) is 0.830. The van der Waals surface area contributed by atoms with E-state index in [9.17, 15) is 8.42 Å². The van der Waals surface area contributed by atoms with E-state index in [1.165, 1.54) is 12.8 Å². The lowest BCUT2D eigenvalue weighted by Crippen LogP contribution is -2.41. The van der Waals surface area contributed by atoms with Crippen molar-refractivity contribution in [2.24, 2.45) is 0 Å². The first-order valence-electron chi connectivity index (χ1n) is 5.89. The van der Waals surface area contributed by atoms with Crippen molar-refractivity contribution in [2.75, 3.05) is 12.3 Å². The zero-order valence-electron chi connectivity index (χ0n) is 9.04. The third-order valence-electron chi connectivity index (χ3n) is 3.05. The normalized spacial score (nSPS) is 22.7. The lowest BCUT2D eigenvalue weighted by molar-refractivity contribution is 0.383. The third kappa shape index (κ3) is 4.09. The van der Waals surface area contributed by atoms with Gasteiger partial charge in [-0.25, -0.2) is 13.1 Å². The molecule has 0 heterocycles. The molecule has 0 aromatic rings. The van der Waals surface area contributed by atoms with E-state index < -0.39 is 10.0 Å². The second-order valence-corrected chi connectivity index (χ2v) is 6.52. The Morgan fingerprint density at radius 3 is 2.33 bits per heavy atom. The molecule has 15 heavy (non-hydrogen) atoms. The van der Waals surface area contributed by atoms with Gasteiger partial charge in [0, 0.05) is 12.1 Å². The number of rotatable bonds is 7. The van der Waals surface area contributed by atoms with E-state index in [1.54, 1.807) is 0 Å². The van der Waals surface area contributed by atoms with Crippen molar-refractivity contribution >= 4 is 10.0 Å². The van der Waals surface area contributed by atoms with Crippen molar-refractivity contribution < 1.29 is 8.42 Å². The summed E-state index contributed by atoms with van der Waals surface area (Å²) in [6.07, 6.45) is 6.42. The van der Waals surface area contributed by atoms with Gasteiger partial charge in [0.05, 0.1) is 5.75 Å². The Hall–Kier alpha value is -0.130. The SMILES string of the molecule is O=S(=O)(CCCNC1CC1)NC1CCC1. The minimum Gasteiger partial charge on any atom is -0.314 e. The van der Waals surface area contributed by atoms with Crippen molar-refractivity contribution in [1.29, 1.82) is 0 Å². The topological polar surface area (TPSA) is 58.2 Å². The van der Waals surface area contributed by atoms with Gasteiger partial charge in [-0.1, -0.05) is 6.42 Å². The average molecular weight is 232 g/mol. The molecule has 2 fully saturated rings. The summed E-state index contributed by atoms with van der Waals surface area (Å²) in [4.78, 5) is 0. The maximum absolute atomic E-state index is 11.6. The van der Waals surface area contributed by atoms with Crippen LogP contribution in [-0.4, -0.2) is 32.8 Å². The van der Waals surface area contributed by atoms with E-state index in [2.05, 4.69) is 10.0 Å². The number of sulfonamides is 1. The predicted octanol–water partition coefficient (Wildman–Crippen LogP) is 0.600. The first-order valence-corrected chi connectivity index (χ1v) is 7.54. The van der Waals surface area contributed by atoms with Crippen molar-refractivity contribution in [1.82, 2.24) is 10.0 Å². The third-order valence-corrected chi connectivity index (χ3v) is 4.57. The van der Waals surface area contributed by atoms with E-state index >= 15 is 0 Å². The van der Waals surface area contributed by atoms with E-state index in [4.69, 9.17) is 0 Å². The van der Waals surface area contributed by atoms with Crippen LogP contribution in [0.5, 0.6) is 0 Å². The van der Waals surface area contributed by atoms with Crippen LogP contribution >= 0.6 is 0 Å². The van der Waals surface area contributed by atoms with Crippen LogP contribution in [0.2, 0.25) is 0 Å². The van der Waals surface area contributed by atoms with Crippen LogP contribution in [0.4, 0.5) is 0 Å². The van der Waals surface area contributed by atoms with Crippen LogP contribution in [-0.2, 0) is 10.0 Å². The maximum Gasteiger partial charge on any atom is 0.211 e. The lowest BCUT2D eigenvalue weighted by Gasteiger charge is -2.26. The van der Waals surface area contributed by atoms with Crippen LogP contribution in [0.1, 0.15) is 38.5 Å². The van der Waals surface area contributed by atoms with Crippen molar-refractivity contribution in [3.05, 3.63) is 0 Å². The molecular formula is C10H20N2O2S. The lowest BCUT2D eigenvalue weighted by atomic mass is 9.94. The van der Waals surface area contributed by atoms with Gasteiger partial charge in [-0.3, -0.25) is 0 Å². The Kier molecular flexibility index (Phi) is 3.64. The van der Waals surface area contributed by atoms with Gasteiger partial charge in [0.15, 0.2) is 0 Å². The molecule has 0 saturated heterocycles. The zero-order valence-corrected chi connectivity index (χ0v) is 9.85. The molecule has 0 radical (unpaired) electrons. The van der Waals surface area contributed by atoms with Gasteiger partial charge in [0.2, 0.25) is 10.0 Å². The summed E-state index contributed by atoms with van der Waals surface area (Å²) in [7, 11) is -3.01. The monoisotopic (exact) mass is 232 g/mol. The molecule has 0 aliphatic heterocycles. The van der Waals surface area contributed by atoms with E-state index in [0.717, 1.165) is 32.2 Å². The number of hydrogen-bond donors (Lipinski definition) is 2. The highest BCUT2D eigenvalue weighted by atomic mass is 32.2. The van der Waals surface area contributed by atoms with Crippen LogP contribution in [0, 0.1) is 0 Å². The van der Waals surface area contributed by atoms with Crippen molar-refractivity contribution in [3.8, 4) is 0 Å². The minimum atomic E-state index is -3.01. The molecule has 2 aliphatic rings. The highest BCUT2D eigenvalue weighted by molar-refractivity contribution is 7.89. The number of nitrogens with one attached hydrogen (secondary N) is 2. The molecule has 0 amide bonds. The van der Waals surface area contributed by atoms with E-state index in [-0.39, 0.29) is 11.8 Å². The van der Waals surface area contributed by atoms with Gasteiger partial charge in [-0.05, 0) is 38.6 Å². The molecule has 0 aromatic heterocycles. The Morgan fingerprint density at radius 1 is 1.07 bits per heavy atom. The van der Waals surface area contributed by atoms with Crippen LogP contribution in [0.3, 0.4) is 0 Å². The summed E-state index contributed by atoms with van der Waals surface area (Å²) in [5.74, 6) is 0.267. The summed E-state index contributed by atoms with van der Waals surface area (Å²) >= 11 is 0. The Balaban J connectivity index is 1.58. The molecule has 2 saturated carbocycles. The fourth-order valence-electron chi connectivity index (χ4n) is 1.69. The van der Waals surface area contributed by atoms with Crippen LogP contribution in [0.15, 0.2) is 0 Å². The smallest absolute Gasteiger partial charge is 0.211 e.